The van der Waals surface area contributed by atoms with E-state index >= 15 is 0 Å². The molecule has 0 saturated heterocycles. The second-order valence-electron chi connectivity index (χ2n) is 2.96. The number of rotatable bonds is 2. The number of carbonyl (C=O) groups excluding carboxylic acids is 1. The van der Waals surface area contributed by atoms with E-state index in [9.17, 15) is 9.90 Å². The van der Waals surface area contributed by atoms with Gasteiger partial charge in [0.25, 0.3) is 0 Å². The zero-order valence-corrected chi connectivity index (χ0v) is 8.32. The van der Waals surface area contributed by atoms with Crippen molar-refractivity contribution in [2.75, 3.05) is 0 Å². The lowest BCUT2D eigenvalue weighted by molar-refractivity contribution is -0.257. The lowest BCUT2D eigenvalue weighted by Crippen LogP contribution is -2.21. The quantitative estimate of drug-likeness (QED) is 0.779. The van der Waals surface area contributed by atoms with E-state index in [2.05, 4.69) is 0 Å². The topological polar surface area (TPSA) is 53.3 Å². The number of carboxylic acids is 1. The van der Waals surface area contributed by atoms with Gasteiger partial charge in [0.2, 0.25) is 0 Å². The Morgan fingerprint density at radius 1 is 1.27 bits per heavy atom. The van der Waals surface area contributed by atoms with E-state index in [1.54, 1.807) is 30.3 Å². The Balaban J connectivity index is 2.41. The van der Waals surface area contributed by atoms with Crippen LogP contribution in [-0.2, 0) is 0 Å². The van der Waals surface area contributed by atoms with Gasteiger partial charge in [-0.3, -0.25) is 0 Å². The predicted molar refractivity (Wildman–Crippen MR) is 53.5 cm³/mol. The molecule has 0 N–H and O–H groups in total. The van der Waals surface area contributed by atoms with E-state index in [-0.39, 0.29) is 5.76 Å². The summed E-state index contributed by atoms with van der Waals surface area (Å²) in [5.74, 6) is -1.06. The van der Waals surface area contributed by atoms with Crippen LogP contribution in [0.1, 0.15) is 10.6 Å². The fraction of sp³-hybridized carbons (Fsp3) is 0. The van der Waals surface area contributed by atoms with Gasteiger partial charge in [0.05, 0.1) is 0 Å². The first-order valence-electron chi connectivity index (χ1n) is 4.24. The first-order chi connectivity index (χ1) is 7.16. The van der Waals surface area contributed by atoms with Crippen LogP contribution >= 0.6 is 11.6 Å². The highest BCUT2D eigenvalue weighted by molar-refractivity contribution is 6.30. The Bertz CT molecular complexity index is 502. The van der Waals surface area contributed by atoms with Gasteiger partial charge in [-0.2, -0.15) is 0 Å². The van der Waals surface area contributed by atoms with Crippen molar-refractivity contribution in [2.45, 2.75) is 0 Å². The van der Waals surface area contributed by atoms with Crippen LogP contribution in [0.25, 0.3) is 11.3 Å². The maximum Gasteiger partial charge on any atom is 0.150 e. The molecule has 76 valence electrons. The second kappa shape index (κ2) is 3.79. The van der Waals surface area contributed by atoms with Crippen LogP contribution in [0.4, 0.5) is 0 Å². The zero-order valence-electron chi connectivity index (χ0n) is 7.57. The van der Waals surface area contributed by atoms with Gasteiger partial charge in [-0.1, -0.05) is 23.7 Å². The summed E-state index contributed by atoms with van der Waals surface area (Å²) >= 11 is 5.79. The van der Waals surface area contributed by atoms with Crippen molar-refractivity contribution in [1.82, 2.24) is 0 Å². The third-order valence-electron chi connectivity index (χ3n) is 1.92. The molecule has 0 spiro atoms. The molecular weight excluding hydrogens is 216 g/mol. The van der Waals surface area contributed by atoms with Crippen molar-refractivity contribution >= 4 is 17.6 Å². The van der Waals surface area contributed by atoms with Crippen molar-refractivity contribution in [1.29, 1.82) is 0 Å². The molecule has 0 atom stereocenters. The summed E-state index contributed by atoms with van der Waals surface area (Å²) in [7, 11) is 0. The summed E-state index contributed by atoms with van der Waals surface area (Å²) in [5.41, 5.74) is 0.731. The van der Waals surface area contributed by atoms with Crippen LogP contribution in [0.3, 0.4) is 0 Å². The number of carboxylic acid groups (broad SMARTS) is 1. The van der Waals surface area contributed by atoms with Crippen LogP contribution in [0.5, 0.6) is 0 Å². The molecule has 4 heteroatoms. The molecule has 0 aliphatic rings. The predicted octanol–water partition coefficient (Wildman–Crippen LogP) is 1.96. The average Bonchev–Trinajstić information content (AvgIpc) is 2.66. The summed E-state index contributed by atoms with van der Waals surface area (Å²) in [5, 5.41) is 11.1. The fourth-order valence-corrected chi connectivity index (χ4v) is 1.43. The minimum Gasteiger partial charge on any atom is -0.542 e. The van der Waals surface area contributed by atoms with Crippen molar-refractivity contribution < 1.29 is 14.3 Å². The molecule has 0 amide bonds. The molecule has 1 heterocycles. The Kier molecular flexibility index (Phi) is 2.47. The molecule has 0 aliphatic heterocycles. The number of halogens is 1. The third-order valence-corrected chi connectivity index (χ3v) is 2.15. The average molecular weight is 222 g/mol. The standard InChI is InChI=1S/C11H7ClO3/c12-8-3-1-2-7(6-8)9-4-5-10(15-9)11(13)14/h1-6H,(H,13,14)/p-1. The summed E-state index contributed by atoms with van der Waals surface area (Å²) in [6.45, 7) is 0. The van der Waals surface area contributed by atoms with Gasteiger partial charge in [-0.15, -0.1) is 0 Å². The molecule has 15 heavy (non-hydrogen) atoms. The second-order valence-corrected chi connectivity index (χ2v) is 3.40. The molecule has 1 aromatic heterocycles. The highest BCUT2D eigenvalue weighted by atomic mass is 35.5. The molecule has 0 radical (unpaired) electrons. The summed E-state index contributed by atoms with van der Waals surface area (Å²) in [6, 6.07) is 9.89. The van der Waals surface area contributed by atoms with Gasteiger partial charge in [0, 0.05) is 10.6 Å². The Morgan fingerprint density at radius 2 is 2.07 bits per heavy atom. The first kappa shape index (κ1) is 9.80. The number of furan rings is 1. The lowest BCUT2D eigenvalue weighted by atomic mass is 10.2. The van der Waals surface area contributed by atoms with E-state index in [4.69, 9.17) is 16.0 Å². The molecule has 0 bridgehead atoms. The van der Waals surface area contributed by atoms with Gasteiger partial charge in [-0.05, 0) is 24.3 Å². The van der Waals surface area contributed by atoms with E-state index in [0.717, 1.165) is 5.56 Å². The number of carbonyl (C=O) groups is 1. The van der Waals surface area contributed by atoms with Crippen molar-refractivity contribution in [3.05, 3.63) is 47.2 Å². The fourth-order valence-electron chi connectivity index (χ4n) is 1.24. The number of aromatic carboxylic acids is 1. The van der Waals surface area contributed by atoms with Crippen molar-refractivity contribution in [3.8, 4) is 11.3 Å². The molecule has 0 aliphatic carbocycles. The van der Waals surface area contributed by atoms with Gasteiger partial charge < -0.3 is 14.3 Å². The maximum absolute atomic E-state index is 10.5. The van der Waals surface area contributed by atoms with Crippen LogP contribution in [-0.4, -0.2) is 5.97 Å². The van der Waals surface area contributed by atoms with Crippen molar-refractivity contribution in [2.24, 2.45) is 0 Å². The lowest BCUT2D eigenvalue weighted by Gasteiger charge is -1.98. The molecule has 0 saturated carbocycles. The zero-order chi connectivity index (χ0) is 10.8. The number of hydrogen-bond acceptors (Lipinski definition) is 3. The van der Waals surface area contributed by atoms with Gasteiger partial charge in [0.15, 0.2) is 0 Å². The van der Waals surface area contributed by atoms with Crippen LogP contribution in [0.15, 0.2) is 40.8 Å². The van der Waals surface area contributed by atoms with Gasteiger partial charge in [0.1, 0.15) is 17.5 Å². The largest absolute Gasteiger partial charge is 0.542 e. The van der Waals surface area contributed by atoms with E-state index in [1.807, 2.05) is 0 Å². The summed E-state index contributed by atoms with van der Waals surface area (Å²) in [4.78, 5) is 10.5. The van der Waals surface area contributed by atoms with Gasteiger partial charge >= 0.3 is 0 Å². The minimum absolute atomic E-state index is 0.190. The highest BCUT2D eigenvalue weighted by Crippen LogP contribution is 2.24. The molecule has 2 rings (SSSR count). The molecule has 1 aromatic carbocycles. The third kappa shape index (κ3) is 2.02. The molecule has 0 fully saturated rings. The van der Waals surface area contributed by atoms with Crippen molar-refractivity contribution in [3.63, 3.8) is 0 Å². The van der Waals surface area contributed by atoms with Crippen LogP contribution < -0.4 is 5.11 Å². The summed E-state index contributed by atoms with van der Waals surface area (Å²) < 4.78 is 5.07. The normalized spacial score (nSPS) is 10.2. The molecule has 0 unspecified atom stereocenters. The highest BCUT2D eigenvalue weighted by Gasteiger charge is 2.05. The van der Waals surface area contributed by atoms with Gasteiger partial charge in [-0.25, -0.2) is 0 Å². The monoisotopic (exact) mass is 221 g/mol. The number of benzene rings is 1. The van der Waals surface area contributed by atoms with Crippen LogP contribution in [0.2, 0.25) is 5.02 Å². The smallest absolute Gasteiger partial charge is 0.150 e. The SMILES string of the molecule is O=C([O-])c1ccc(-c2cccc(Cl)c2)o1. The maximum atomic E-state index is 10.5. The molecule has 2 aromatic rings. The van der Waals surface area contributed by atoms with E-state index in [1.165, 1.54) is 6.07 Å². The van der Waals surface area contributed by atoms with E-state index < -0.39 is 5.97 Å². The van der Waals surface area contributed by atoms with E-state index in [0.29, 0.717) is 10.8 Å². The molecule has 3 nitrogen and oxygen atoms in total. The molecular formula is C11H6ClO3-. The van der Waals surface area contributed by atoms with Crippen LogP contribution in [0, 0.1) is 0 Å². The number of hydrogen-bond donors (Lipinski definition) is 0. The Labute approximate surface area is 90.9 Å². The first-order valence-corrected chi connectivity index (χ1v) is 4.62. The summed E-state index contributed by atoms with van der Waals surface area (Å²) in [6.07, 6.45) is 0. The Hall–Kier alpha value is -1.74. The minimum atomic E-state index is -1.33. The Morgan fingerprint density at radius 3 is 2.67 bits per heavy atom.